The van der Waals surface area contributed by atoms with Gasteiger partial charge in [0.2, 0.25) is 15.9 Å². The normalized spacial score (nSPS) is 22.1. The number of carbonyl (C=O) groups is 1. The number of aromatic nitrogens is 1. The topological polar surface area (TPSA) is 88.6 Å². The van der Waals surface area contributed by atoms with Crippen LogP contribution in [-0.2, 0) is 10.0 Å². The van der Waals surface area contributed by atoms with Crippen LogP contribution in [0.5, 0.6) is 5.88 Å². The van der Waals surface area contributed by atoms with Crippen molar-refractivity contribution < 1.29 is 17.9 Å². The van der Waals surface area contributed by atoms with E-state index in [4.69, 9.17) is 4.74 Å². The molecule has 1 N–H and O–H groups in total. The van der Waals surface area contributed by atoms with Gasteiger partial charge in [-0.15, -0.1) is 0 Å². The number of amides is 1. The van der Waals surface area contributed by atoms with Crippen molar-refractivity contribution in [3.8, 4) is 5.88 Å². The van der Waals surface area contributed by atoms with Crippen molar-refractivity contribution in [2.75, 3.05) is 20.2 Å². The Hall–Kier alpha value is -1.67. The summed E-state index contributed by atoms with van der Waals surface area (Å²) in [5.74, 6) is 0.0345. The number of ether oxygens (including phenoxy) is 1. The molecular weight excluding hydrogens is 342 g/mol. The third-order valence-electron chi connectivity index (χ3n) is 4.99. The first-order chi connectivity index (χ1) is 12.0. The van der Waals surface area contributed by atoms with Crippen molar-refractivity contribution in [1.29, 1.82) is 0 Å². The number of piperidine rings is 1. The van der Waals surface area contributed by atoms with Gasteiger partial charge in [-0.1, -0.05) is 12.8 Å². The zero-order chi connectivity index (χ0) is 17.9. The van der Waals surface area contributed by atoms with Crippen molar-refractivity contribution >= 4 is 15.9 Å². The van der Waals surface area contributed by atoms with Gasteiger partial charge in [0.25, 0.3) is 5.91 Å². The fraction of sp³-hybridized carbons (Fsp3) is 0.647. The minimum absolute atomic E-state index is 0.0505. The van der Waals surface area contributed by atoms with E-state index < -0.39 is 15.3 Å². The lowest BCUT2D eigenvalue weighted by Gasteiger charge is -2.33. The van der Waals surface area contributed by atoms with Crippen LogP contribution in [0.1, 0.15) is 48.9 Å². The summed E-state index contributed by atoms with van der Waals surface area (Å²) in [5, 5.41) is -0.562. The second kappa shape index (κ2) is 7.70. The van der Waals surface area contributed by atoms with Crippen LogP contribution in [0.3, 0.4) is 0 Å². The number of sulfonamides is 1. The van der Waals surface area contributed by atoms with E-state index in [0.29, 0.717) is 24.9 Å². The largest absolute Gasteiger partial charge is 0.480 e. The average Bonchev–Trinajstić information content (AvgIpc) is 3.13. The van der Waals surface area contributed by atoms with Gasteiger partial charge < -0.3 is 9.64 Å². The molecule has 0 bridgehead atoms. The highest BCUT2D eigenvalue weighted by Gasteiger charge is 2.35. The van der Waals surface area contributed by atoms with Crippen molar-refractivity contribution in [2.45, 2.75) is 49.8 Å². The van der Waals surface area contributed by atoms with Gasteiger partial charge in [0.15, 0.2) is 0 Å². The van der Waals surface area contributed by atoms with Gasteiger partial charge in [-0.3, -0.25) is 4.79 Å². The summed E-state index contributed by atoms with van der Waals surface area (Å²) < 4.78 is 33.4. The predicted octanol–water partition coefficient (Wildman–Crippen LogP) is 1.56. The highest BCUT2D eigenvalue weighted by atomic mass is 32.2. The molecule has 1 aliphatic carbocycles. The van der Waals surface area contributed by atoms with Gasteiger partial charge in [0.1, 0.15) is 5.56 Å². The van der Waals surface area contributed by atoms with E-state index in [1.54, 1.807) is 23.2 Å². The second-order valence-corrected chi connectivity index (χ2v) is 8.71. The zero-order valence-electron chi connectivity index (χ0n) is 14.5. The summed E-state index contributed by atoms with van der Waals surface area (Å²) in [6.45, 7) is 0.755. The molecule has 1 atom stereocenters. The summed E-state index contributed by atoms with van der Waals surface area (Å²) in [6, 6.07) is 3.38. The molecule has 138 valence electrons. The molecule has 2 aliphatic rings. The quantitative estimate of drug-likeness (QED) is 0.853. The van der Waals surface area contributed by atoms with E-state index in [9.17, 15) is 13.2 Å². The van der Waals surface area contributed by atoms with Crippen molar-refractivity contribution in [2.24, 2.45) is 0 Å². The van der Waals surface area contributed by atoms with E-state index in [-0.39, 0.29) is 24.4 Å². The Bertz CT molecular complexity index is 716. The number of hydrogen-bond donors (Lipinski definition) is 1. The first-order valence-corrected chi connectivity index (χ1v) is 10.4. The SMILES string of the molecule is COc1ncccc1C(=O)N1CCC[C@@H](S(=O)(=O)NC2CCCC2)C1. The number of rotatable bonds is 5. The van der Waals surface area contributed by atoms with Crippen molar-refractivity contribution in [3.05, 3.63) is 23.9 Å². The fourth-order valence-corrected chi connectivity index (χ4v) is 5.38. The number of carbonyl (C=O) groups excluding carboxylic acids is 1. The van der Waals surface area contributed by atoms with Gasteiger partial charge in [-0.2, -0.15) is 0 Å². The van der Waals surface area contributed by atoms with Crippen LogP contribution >= 0.6 is 0 Å². The molecule has 0 spiro atoms. The molecule has 3 rings (SSSR count). The maximum atomic E-state index is 12.8. The maximum Gasteiger partial charge on any atom is 0.259 e. The molecule has 1 aromatic heterocycles. The molecule has 25 heavy (non-hydrogen) atoms. The molecule has 7 nitrogen and oxygen atoms in total. The highest BCUT2D eigenvalue weighted by Crippen LogP contribution is 2.24. The first kappa shape index (κ1) is 18.1. The van der Waals surface area contributed by atoms with E-state index in [1.807, 2.05) is 0 Å². The molecule has 1 aromatic rings. The lowest BCUT2D eigenvalue weighted by molar-refractivity contribution is 0.0722. The molecule has 0 aromatic carbocycles. The van der Waals surface area contributed by atoms with E-state index in [2.05, 4.69) is 9.71 Å². The molecule has 0 radical (unpaired) electrons. The van der Waals surface area contributed by atoms with Gasteiger partial charge >= 0.3 is 0 Å². The van der Waals surface area contributed by atoms with Crippen molar-refractivity contribution in [3.63, 3.8) is 0 Å². The summed E-state index contributed by atoms with van der Waals surface area (Å²) in [7, 11) is -1.96. The second-order valence-electron chi connectivity index (χ2n) is 6.72. The van der Waals surface area contributed by atoms with Crippen LogP contribution in [0.4, 0.5) is 0 Å². The van der Waals surface area contributed by atoms with E-state index in [1.165, 1.54) is 7.11 Å². The van der Waals surface area contributed by atoms with Gasteiger partial charge in [0.05, 0.1) is 12.4 Å². The molecular formula is C17H25N3O4S. The third kappa shape index (κ3) is 4.12. The Morgan fingerprint density at radius 3 is 2.76 bits per heavy atom. The molecule has 0 unspecified atom stereocenters. The molecule has 2 fully saturated rings. The van der Waals surface area contributed by atoms with Crippen LogP contribution in [0, 0.1) is 0 Å². The Balaban J connectivity index is 1.71. The van der Waals surface area contributed by atoms with E-state index in [0.717, 1.165) is 25.7 Å². The van der Waals surface area contributed by atoms with Crippen molar-refractivity contribution in [1.82, 2.24) is 14.6 Å². The van der Waals surface area contributed by atoms with Crippen LogP contribution in [0.2, 0.25) is 0 Å². The minimum atomic E-state index is -3.42. The van der Waals surface area contributed by atoms with Gasteiger partial charge in [0, 0.05) is 25.3 Å². The predicted molar refractivity (Wildman–Crippen MR) is 94.0 cm³/mol. The summed E-state index contributed by atoms with van der Waals surface area (Å²) in [5.41, 5.74) is 0.367. The third-order valence-corrected chi connectivity index (χ3v) is 6.91. The number of likely N-dealkylation sites (tertiary alicyclic amines) is 1. The van der Waals surface area contributed by atoms with E-state index >= 15 is 0 Å². The molecule has 1 saturated carbocycles. The summed E-state index contributed by atoms with van der Waals surface area (Å²) in [4.78, 5) is 18.4. The zero-order valence-corrected chi connectivity index (χ0v) is 15.3. The fourth-order valence-electron chi connectivity index (χ4n) is 3.63. The smallest absolute Gasteiger partial charge is 0.259 e. The molecule has 8 heteroatoms. The number of pyridine rings is 1. The van der Waals surface area contributed by atoms with Gasteiger partial charge in [-0.05, 0) is 37.8 Å². The molecule has 1 saturated heterocycles. The first-order valence-electron chi connectivity index (χ1n) is 8.80. The van der Waals surface area contributed by atoms with Gasteiger partial charge in [-0.25, -0.2) is 18.1 Å². The molecule has 2 heterocycles. The minimum Gasteiger partial charge on any atom is -0.480 e. The number of nitrogens with one attached hydrogen (secondary N) is 1. The molecule has 1 amide bonds. The lowest BCUT2D eigenvalue weighted by Crippen LogP contribution is -2.50. The number of nitrogens with zero attached hydrogens (tertiary/aromatic N) is 2. The van der Waals surface area contributed by atoms with Crippen LogP contribution in [-0.4, -0.2) is 55.7 Å². The average molecular weight is 367 g/mol. The Morgan fingerprint density at radius 1 is 1.28 bits per heavy atom. The summed E-state index contributed by atoms with van der Waals surface area (Å²) >= 11 is 0. The number of methoxy groups -OCH3 is 1. The van der Waals surface area contributed by atoms with Crippen LogP contribution in [0.15, 0.2) is 18.3 Å². The Kier molecular flexibility index (Phi) is 5.58. The van der Waals surface area contributed by atoms with Crippen LogP contribution < -0.4 is 9.46 Å². The standard InChI is InChI=1S/C17H25N3O4S/c1-24-16-15(9-4-10-18-16)17(21)20-11-5-8-14(12-20)25(22,23)19-13-6-2-3-7-13/h4,9-10,13-14,19H,2-3,5-8,11-12H2,1H3/t14-/m1/s1. The Morgan fingerprint density at radius 2 is 2.04 bits per heavy atom. The highest BCUT2D eigenvalue weighted by molar-refractivity contribution is 7.90. The lowest BCUT2D eigenvalue weighted by atomic mass is 10.1. The number of hydrogen-bond acceptors (Lipinski definition) is 5. The molecule has 1 aliphatic heterocycles. The van der Waals surface area contributed by atoms with Crippen LogP contribution in [0.25, 0.3) is 0 Å². The Labute approximate surface area is 148 Å². The maximum absolute atomic E-state index is 12.8. The summed E-state index contributed by atoms with van der Waals surface area (Å²) in [6.07, 6.45) is 6.76. The monoisotopic (exact) mass is 367 g/mol.